The summed E-state index contributed by atoms with van der Waals surface area (Å²) in [5, 5.41) is 1.10. The second-order valence-corrected chi connectivity index (χ2v) is 6.26. The standard InChI is InChI=1S/C19H19N3O3/c23-19(18-20-5-1-6-21-18)22-7-9-24-13-15(12-22)10-14-2-3-16-4-8-25-17(16)11-14/h1-6,8,11,15H,7,9-10,12-13H2. The Morgan fingerprint density at radius 1 is 1.24 bits per heavy atom. The smallest absolute Gasteiger partial charge is 0.291 e. The number of amides is 1. The summed E-state index contributed by atoms with van der Waals surface area (Å²) >= 11 is 0. The van der Waals surface area contributed by atoms with E-state index in [0.29, 0.717) is 26.3 Å². The molecule has 1 fully saturated rings. The fraction of sp³-hybridized carbons (Fsp3) is 0.316. The fourth-order valence-electron chi connectivity index (χ4n) is 3.20. The van der Waals surface area contributed by atoms with E-state index in [1.165, 1.54) is 5.56 Å². The van der Waals surface area contributed by atoms with Crippen molar-refractivity contribution in [3.05, 3.63) is 60.4 Å². The topological polar surface area (TPSA) is 68.5 Å². The zero-order valence-corrected chi connectivity index (χ0v) is 13.8. The van der Waals surface area contributed by atoms with Crippen molar-refractivity contribution in [2.45, 2.75) is 6.42 Å². The van der Waals surface area contributed by atoms with Gasteiger partial charge in [0.15, 0.2) is 0 Å². The van der Waals surface area contributed by atoms with Crippen LogP contribution in [0.15, 0.2) is 53.4 Å². The van der Waals surface area contributed by atoms with E-state index >= 15 is 0 Å². The number of carbonyl (C=O) groups excluding carboxylic acids is 1. The van der Waals surface area contributed by atoms with E-state index in [9.17, 15) is 4.79 Å². The third-order valence-electron chi connectivity index (χ3n) is 4.43. The van der Waals surface area contributed by atoms with Gasteiger partial charge in [0.25, 0.3) is 5.91 Å². The average Bonchev–Trinajstić information content (AvgIpc) is 2.99. The van der Waals surface area contributed by atoms with Crippen molar-refractivity contribution in [2.75, 3.05) is 26.3 Å². The molecule has 25 heavy (non-hydrogen) atoms. The molecule has 0 saturated carbocycles. The van der Waals surface area contributed by atoms with Gasteiger partial charge >= 0.3 is 0 Å². The molecule has 1 aliphatic heterocycles. The third-order valence-corrected chi connectivity index (χ3v) is 4.43. The van der Waals surface area contributed by atoms with Gasteiger partial charge in [0, 0.05) is 36.8 Å². The molecule has 3 aromatic rings. The van der Waals surface area contributed by atoms with Crippen LogP contribution < -0.4 is 0 Å². The lowest BCUT2D eigenvalue weighted by Gasteiger charge is -2.23. The average molecular weight is 337 g/mol. The molecule has 1 amide bonds. The maximum atomic E-state index is 12.6. The molecule has 1 atom stereocenters. The number of fused-ring (bicyclic) bond motifs is 1. The van der Waals surface area contributed by atoms with E-state index in [0.717, 1.165) is 17.4 Å². The maximum absolute atomic E-state index is 12.6. The molecule has 1 aliphatic rings. The molecule has 0 aliphatic carbocycles. The van der Waals surface area contributed by atoms with Crippen molar-refractivity contribution >= 4 is 16.9 Å². The van der Waals surface area contributed by atoms with Crippen LogP contribution >= 0.6 is 0 Å². The number of rotatable bonds is 3. The van der Waals surface area contributed by atoms with E-state index in [-0.39, 0.29) is 17.6 Å². The van der Waals surface area contributed by atoms with Crippen molar-refractivity contribution in [1.29, 1.82) is 0 Å². The van der Waals surface area contributed by atoms with Crippen molar-refractivity contribution < 1.29 is 13.9 Å². The van der Waals surface area contributed by atoms with Gasteiger partial charge in [-0.25, -0.2) is 9.97 Å². The van der Waals surface area contributed by atoms with Gasteiger partial charge in [0.1, 0.15) is 5.58 Å². The molecule has 1 aromatic carbocycles. The first kappa shape index (κ1) is 15.8. The quantitative estimate of drug-likeness (QED) is 0.735. The molecular weight excluding hydrogens is 318 g/mol. The Morgan fingerprint density at radius 2 is 2.12 bits per heavy atom. The van der Waals surface area contributed by atoms with Crippen molar-refractivity contribution in [2.24, 2.45) is 5.92 Å². The number of carbonyl (C=O) groups is 1. The Morgan fingerprint density at radius 3 is 3.00 bits per heavy atom. The highest BCUT2D eigenvalue weighted by Gasteiger charge is 2.25. The second-order valence-electron chi connectivity index (χ2n) is 6.26. The third kappa shape index (κ3) is 3.53. The highest BCUT2D eigenvalue weighted by atomic mass is 16.5. The van der Waals surface area contributed by atoms with Gasteiger partial charge in [0.2, 0.25) is 5.82 Å². The molecule has 6 nitrogen and oxygen atoms in total. The predicted molar refractivity (Wildman–Crippen MR) is 92.2 cm³/mol. The van der Waals surface area contributed by atoms with Crippen LogP contribution in [0, 0.1) is 5.92 Å². The summed E-state index contributed by atoms with van der Waals surface area (Å²) in [7, 11) is 0. The van der Waals surface area contributed by atoms with Crippen LogP contribution in [0.3, 0.4) is 0 Å². The van der Waals surface area contributed by atoms with Gasteiger partial charge in [-0.3, -0.25) is 4.79 Å². The van der Waals surface area contributed by atoms with Crippen LogP contribution in [0.4, 0.5) is 0 Å². The van der Waals surface area contributed by atoms with Gasteiger partial charge in [-0.15, -0.1) is 0 Å². The first-order valence-electron chi connectivity index (χ1n) is 8.40. The summed E-state index contributed by atoms with van der Waals surface area (Å²) in [6.45, 7) is 2.36. The molecular formula is C19H19N3O3. The lowest BCUT2D eigenvalue weighted by atomic mass is 9.99. The lowest BCUT2D eigenvalue weighted by molar-refractivity contribution is 0.0725. The van der Waals surface area contributed by atoms with Gasteiger partial charge in [-0.2, -0.15) is 0 Å². The highest BCUT2D eigenvalue weighted by Crippen LogP contribution is 2.20. The number of nitrogens with zero attached hydrogens (tertiary/aromatic N) is 3. The first-order valence-corrected chi connectivity index (χ1v) is 8.40. The van der Waals surface area contributed by atoms with E-state index in [4.69, 9.17) is 9.15 Å². The predicted octanol–water partition coefficient (Wildman–Crippen LogP) is 2.55. The molecule has 6 heteroatoms. The summed E-state index contributed by atoms with van der Waals surface area (Å²) in [5.41, 5.74) is 2.07. The lowest BCUT2D eigenvalue weighted by Crippen LogP contribution is -2.37. The summed E-state index contributed by atoms with van der Waals surface area (Å²) in [4.78, 5) is 22.5. The Bertz CT molecular complexity index is 862. The Balaban J connectivity index is 1.48. The minimum absolute atomic E-state index is 0.141. The maximum Gasteiger partial charge on any atom is 0.291 e. The van der Waals surface area contributed by atoms with Crippen LogP contribution in [-0.4, -0.2) is 47.1 Å². The van der Waals surface area contributed by atoms with Crippen molar-refractivity contribution in [3.8, 4) is 0 Å². The zero-order chi connectivity index (χ0) is 17.1. The number of benzene rings is 1. The normalized spacial score (nSPS) is 18.2. The van der Waals surface area contributed by atoms with Crippen LogP contribution in [0.5, 0.6) is 0 Å². The first-order chi connectivity index (χ1) is 12.3. The van der Waals surface area contributed by atoms with Crippen LogP contribution in [0.25, 0.3) is 11.0 Å². The molecule has 1 saturated heterocycles. The molecule has 128 valence electrons. The van der Waals surface area contributed by atoms with E-state index < -0.39 is 0 Å². The largest absolute Gasteiger partial charge is 0.464 e. The Kier molecular flexibility index (Phi) is 4.43. The van der Waals surface area contributed by atoms with E-state index in [1.807, 2.05) is 6.07 Å². The fourth-order valence-corrected chi connectivity index (χ4v) is 3.20. The monoisotopic (exact) mass is 337 g/mol. The van der Waals surface area contributed by atoms with Gasteiger partial charge in [-0.05, 0) is 30.2 Å². The number of hydrogen-bond acceptors (Lipinski definition) is 5. The molecule has 3 heterocycles. The Labute approximate surface area is 145 Å². The summed E-state index contributed by atoms with van der Waals surface area (Å²) in [6.07, 6.45) is 5.70. The SMILES string of the molecule is O=C(c1ncccn1)N1CCOCC(Cc2ccc3ccoc3c2)C1. The van der Waals surface area contributed by atoms with E-state index in [1.54, 1.807) is 29.6 Å². The number of hydrogen-bond donors (Lipinski definition) is 0. The molecule has 0 N–H and O–H groups in total. The highest BCUT2D eigenvalue weighted by molar-refractivity contribution is 5.90. The summed E-state index contributed by atoms with van der Waals surface area (Å²) in [6, 6.07) is 9.89. The minimum atomic E-state index is -0.141. The van der Waals surface area contributed by atoms with E-state index in [2.05, 4.69) is 28.2 Å². The molecule has 0 radical (unpaired) electrons. The van der Waals surface area contributed by atoms with Crippen molar-refractivity contribution in [3.63, 3.8) is 0 Å². The number of ether oxygens (including phenoxy) is 1. The van der Waals surface area contributed by atoms with Crippen LogP contribution in [0.1, 0.15) is 16.2 Å². The summed E-state index contributed by atoms with van der Waals surface area (Å²) in [5.74, 6) is 0.320. The molecule has 2 aromatic heterocycles. The molecule has 0 spiro atoms. The van der Waals surface area contributed by atoms with Crippen molar-refractivity contribution in [1.82, 2.24) is 14.9 Å². The Hall–Kier alpha value is -2.73. The summed E-state index contributed by atoms with van der Waals surface area (Å²) < 4.78 is 11.2. The zero-order valence-electron chi connectivity index (χ0n) is 13.8. The van der Waals surface area contributed by atoms with Crippen LogP contribution in [-0.2, 0) is 11.2 Å². The van der Waals surface area contributed by atoms with Gasteiger partial charge < -0.3 is 14.1 Å². The van der Waals surface area contributed by atoms with Crippen LogP contribution in [0.2, 0.25) is 0 Å². The molecule has 0 bridgehead atoms. The number of aromatic nitrogens is 2. The molecule has 1 unspecified atom stereocenters. The number of furan rings is 1. The molecule has 4 rings (SSSR count). The second kappa shape index (κ2) is 7.03. The minimum Gasteiger partial charge on any atom is -0.464 e. The van der Waals surface area contributed by atoms with Gasteiger partial charge in [0.05, 0.1) is 19.5 Å². The van der Waals surface area contributed by atoms with Gasteiger partial charge in [-0.1, -0.05) is 12.1 Å².